The molecule has 0 bridgehead atoms. The van der Waals surface area contributed by atoms with Gasteiger partial charge in [-0.15, -0.1) is 0 Å². The number of aromatic hydroxyl groups is 1. The van der Waals surface area contributed by atoms with Crippen molar-refractivity contribution < 1.29 is 5.11 Å². The molecule has 0 saturated heterocycles. The summed E-state index contributed by atoms with van der Waals surface area (Å²) in [7, 11) is 0. The van der Waals surface area contributed by atoms with E-state index in [2.05, 4.69) is 15.0 Å². The first-order valence-electron chi connectivity index (χ1n) is 5.86. The predicted molar refractivity (Wildman–Crippen MR) is 70.5 cm³/mol. The molecule has 1 N–H and O–H groups in total. The molecule has 0 atom stereocenters. The molecular weight excluding hydrogens is 240 g/mol. The van der Waals surface area contributed by atoms with E-state index in [1.807, 2.05) is 29.1 Å². The summed E-state index contributed by atoms with van der Waals surface area (Å²) in [5.74, 6) is 0.141. The van der Waals surface area contributed by atoms with Crippen LogP contribution in [0.25, 0.3) is 11.3 Å². The molecule has 3 rings (SSSR count). The van der Waals surface area contributed by atoms with Gasteiger partial charge < -0.3 is 9.67 Å². The van der Waals surface area contributed by atoms with Crippen molar-refractivity contribution in [3.63, 3.8) is 0 Å². The van der Waals surface area contributed by atoms with Gasteiger partial charge in [0.25, 0.3) is 0 Å². The summed E-state index contributed by atoms with van der Waals surface area (Å²) in [6.45, 7) is 0.742. The second-order valence-electron chi connectivity index (χ2n) is 4.22. The van der Waals surface area contributed by atoms with Gasteiger partial charge in [-0.3, -0.25) is 9.97 Å². The molecule has 94 valence electrons. The van der Waals surface area contributed by atoms with Crippen LogP contribution in [0.1, 0.15) is 5.56 Å². The van der Waals surface area contributed by atoms with Crippen molar-refractivity contribution in [2.75, 3.05) is 0 Å². The fourth-order valence-electron chi connectivity index (χ4n) is 1.85. The molecule has 3 heterocycles. The lowest BCUT2D eigenvalue weighted by molar-refractivity contribution is 0.473. The average Bonchev–Trinajstić information content (AvgIpc) is 2.92. The highest BCUT2D eigenvalue weighted by atomic mass is 16.3. The standard InChI is InChI=1S/C14H12N4O/c19-13-5-12(7-16-8-13)14-2-1-11(6-17-14)9-18-4-3-15-10-18/h1-8,10,19H,9H2. The van der Waals surface area contributed by atoms with E-state index in [9.17, 15) is 5.11 Å². The molecule has 0 fully saturated rings. The molecule has 5 nitrogen and oxygen atoms in total. The topological polar surface area (TPSA) is 63.8 Å². The third-order valence-electron chi connectivity index (χ3n) is 2.77. The van der Waals surface area contributed by atoms with Crippen LogP contribution < -0.4 is 0 Å². The van der Waals surface area contributed by atoms with Gasteiger partial charge in [-0.2, -0.15) is 0 Å². The van der Waals surface area contributed by atoms with Crippen LogP contribution >= 0.6 is 0 Å². The van der Waals surface area contributed by atoms with E-state index in [4.69, 9.17) is 0 Å². The van der Waals surface area contributed by atoms with Crippen LogP contribution in [0.5, 0.6) is 5.75 Å². The lowest BCUT2D eigenvalue weighted by atomic mass is 10.1. The number of nitrogens with zero attached hydrogens (tertiary/aromatic N) is 4. The summed E-state index contributed by atoms with van der Waals surface area (Å²) in [6, 6.07) is 5.57. The van der Waals surface area contributed by atoms with Gasteiger partial charge in [0.15, 0.2) is 0 Å². The van der Waals surface area contributed by atoms with Gasteiger partial charge in [-0.1, -0.05) is 6.07 Å². The molecule has 0 amide bonds. The van der Waals surface area contributed by atoms with Crippen LogP contribution in [0.15, 0.2) is 55.5 Å². The van der Waals surface area contributed by atoms with E-state index < -0.39 is 0 Å². The first-order valence-corrected chi connectivity index (χ1v) is 5.86. The normalized spacial score (nSPS) is 10.5. The Labute approximate surface area is 110 Å². The zero-order valence-electron chi connectivity index (χ0n) is 10.1. The zero-order chi connectivity index (χ0) is 13.1. The Bertz CT molecular complexity index is 662. The monoisotopic (exact) mass is 252 g/mol. The summed E-state index contributed by atoms with van der Waals surface area (Å²) in [6.07, 6.45) is 10.3. The van der Waals surface area contributed by atoms with Crippen LogP contribution in [-0.4, -0.2) is 24.6 Å². The van der Waals surface area contributed by atoms with E-state index in [1.54, 1.807) is 24.8 Å². The third kappa shape index (κ3) is 2.60. The Balaban J connectivity index is 1.82. The van der Waals surface area contributed by atoms with Gasteiger partial charge in [0.1, 0.15) is 5.75 Å². The van der Waals surface area contributed by atoms with Crippen molar-refractivity contribution in [2.24, 2.45) is 0 Å². The van der Waals surface area contributed by atoms with Crippen molar-refractivity contribution in [2.45, 2.75) is 6.54 Å². The maximum absolute atomic E-state index is 9.40. The van der Waals surface area contributed by atoms with Crippen molar-refractivity contribution in [3.8, 4) is 17.0 Å². The number of pyridine rings is 2. The number of imidazole rings is 1. The Morgan fingerprint density at radius 1 is 1.11 bits per heavy atom. The second kappa shape index (κ2) is 4.89. The third-order valence-corrected chi connectivity index (χ3v) is 2.77. The van der Waals surface area contributed by atoms with Crippen molar-refractivity contribution in [1.82, 2.24) is 19.5 Å². The Morgan fingerprint density at radius 2 is 2.05 bits per heavy atom. The smallest absolute Gasteiger partial charge is 0.134 e. The summed E-state index contributed by atoms with van der Waals surface area (Å²) < 4.78 is 1.98. The fraction of sp³-hybridized carbons (Fsp3) is 0.0714. The van der Waals surface area contributed by atoms with E-state index >= 15 is 0 Å². The minimum atomic E-state index is 0.141. The maximum atomic E-state index is 9.40. The summed E-state index contributed by atoms with van der Waals surface area (Å²) in [4.78, 5) is 12.3. The molecule has 0 unspecified atom stereocenters. The van der Waals surface area contributed by atoms with Gasteiger partial charge in [0, 0.05) is 36.9 Å². The summed E-state index contributed by atoms with van der Waals surface area (Å²) in [5.41, 5.74) is 2.68. The van der Waals surface area contributed by atoms with Crippen LogP contribution in [0, 0.1) is 0 Å². The molecule has 5 heteroatoms. The molecule has 3 aromatic heterocycles. The Hall–Kier alpha value is -2.69. The molecule has 0 aliphatic rings. The Morgan fingerprint density at radius 3 is 2.74 bits per heavy atom. The number of hydrogen-bond acceptors (Lipinski definition) is 4. The average molecular weight is 252 g/mol. The van der Waals surface area contributed by atoms with E-state index in [0.717, 1.165) is 23.4 Å². The molecule has 0 radical (unpaired) electrons. The molecule has 3 aromatic rings. The molecule has 19 heavy (non-hydrogen) atoms. The van der Waals surface area contributed by atoms with E-state index in [-0.39, 0.29) is 5.75 Å². The molecule has 0 aromatic carbocycles. The molecule has 0 aliphatic heterocycles. The lowest BCUT2D eigenvalue weighted by Crippen LogP contribution is -1.97. The van der Waals surface area contributed by atoms with Gasteiger partial charge in [0.05, 0.1) is 18.2 Å². The molecule has 0 saturated carbocycles. The molecular formula is C14H12N4O. The summed E-state index contributed by atoms with van der Waals surface area (Å²) >= 11 is 0. The molecule has 0 aliphatic carbocycles. The lowest BCUT2D eigenvalue weighted by Gasteiger charge is -2.04. The van der Waals surface area contributed by atoms with Crippen molar-refractivity contribution >= 4 is 0 Å². The maximum Gasteiger partial charge on any atom is 0.134 e. The van der Waals surface area contributed by atoms with Crippen LogP contribution in [0.2, 0.25) is 0 Å². The van der Waals surface area contributed by atoms with E-state index in [1.165, 1.54) is 6.20 Å². The highest BCUT2D eigenvalue weighted by molar-refractivity contribution is 5.59. The fourth-order valence-corrected chi connectivity index (χ4v) is 1.85. The van der Waals surface area contributed by atoms with Crippen molar-refractivity contribution in [3.05, 3.63) is 61.1 Å². The highest BCUT2D eigenvalue weighted by Crippen LogP contribution is 2.20. The van der Waals surface area contributed by atoms with Gasteiger partial charge in [0.2, 0.25) is 0 Å². The van der Waals surface area contributed by atoms with Crippen LogP contribution in [-0.2, 0) is 6.54 Å². The van der Waals surface area contributed by atoms with Gasteiger partial charge in [-0.25, -0.2) is 4.98 Å². The minimum Gasteiger partial charge on any atom is -0.506 e. The number of hydrogen-bond donors (Lipinski definition) is 1. The largest absolute Gasteiger partial charge is 0.506 e. The van der Waals surface area contributed by atoms with E-state index in [0.29, 0.717) is 0 Å². The van der Waals surface area contributed by atoms with Gasteiger partial charge in [-0.05, 0) is 17.7 Å². The first kappa shape index (κ1) is 11.4. The van der Waals surface area contributed by atoms with Crippen molar-refractivity contribution in [1.29, 1.82) is 0 Å². The minimum absolute atomic E-state index is 0.141. The zero-order valence-corrected chi connectivity index (χ0v) is 10.1. The van der Waals surface area contributed by atoms with Gasteiger partial charge >= 0.3 is 0 Å². The Kier molecular flexibility index (Phi) is 2.94. The highest BCUT2D eigenvalue weighted by Gasteiger charge is 2.02. The SMILES string of the molecule is Oc1cncc(-c2ccc(Cn3ccnc3)cn2)c1. The quantitative estimate of drug-likeness (QED) is 0.775. The second-order valence-corrected chi connectivity index (χ2v) is 4.22. The first-order chi connectivity index (χ1) is 9.31. The predicted octanol–water partition coefficient (Wildman–Crippen LogP) is 2.09. The number of rotatable bonds is 3. The molecule has 0 spiro atoms. The number of aromatic nitrogens is 4. The van der Waals surface area contributed by atoms with Crippen LogP contribution in [0.4, 0.5) is 0 Å². The summed E-state index contributed by atoms with van der Waals surface area (Å²) in [5, 5.41) is 9.40. The van der Waals surface area contributed by atoms with Crippen LogP contribution in [0.3, 0.4) is 0 Å².